The summed E-state index contributed by atoms with van der Waals surface area (Å²) < 4.78 is 0. The minimum absolute atomic E-state index is 0.326. The number of nitrogens with zero attached hydrogens (tertiary/aromatic N) is 1. The summed E-state index contributed by atoms with van der Waals surface area (Å²) in [6, 6.07) is 37.8. The summed E-state index contributed by atoms with van der Waals surface area (Å²) >= 11 is 0. The van der Waals surface area contributed by atoms with Crippen LogP contribution in [-0.4, -0.2) is 13.1 Å². The van der Waals surface area contributed by atoms with E-state index in [1.54, 1.807) is 0 Å². The summed E-state index contributed by atoms with van der Waals surface area (Å²) in [5.74, 6) is 0. The molecule has 0 N–H and O–H groups in total. The lowest BCUT2D eigenvalue weighted by molar-refractivity contribution is 0.753. The van der Waals surface area contributed by atoms with Crippen LogP contribution in [0.25, 0.3) is 11.1 Å². The molecule has 0 heterocycles. The van der Waals surface area contributed by atoms with Gasteiger partial charge in [-0.05, 0) is 47.7 Å². The first-order valence-corrected chi connectivity index (χ1v) is 14.9. The second-order valence-electron chi connectivity index (χ2n) is 7.90. The van der Waals surface area contributed by atoms with Gasteiger partial charge in [-0.15, -0.1) is 0 Å². The number of fused-ring (bicyclic) bond motifs is 3. The highest BCUT2D eigenvalue weighted by molar-refractivity contribution is 5.91. The Labute approximate surface area is 234 Å². The lowest BCUT2D eigenvalue weighted by Crippen LogP contribution is -2.32. The largest absolute Gasteiger partial charge is 0.372 e. The molecule has 38 heavy (non-hydrogen) atoms. The average Bonchev–Trinajstić information content (AvgIpc) is 3.34. The van der Waals surface area contributed by atoms with Gasteiger partial charge >= 0.3 is 0 Å². The van der Waals surface area contributed by atoms with Crippen LogP contribution < -0.4 is 4.90 Å². The van der Waals surface area contributed by atoms with Crippen molar-refractivity contribution in [2.45, 2.75) is 74.7 Å². The van der Waals surface area contributed by atoms with E-state index in [9.17, 15) is 0 Å². The zero-order chi connectivity index (χ0) is 28.6. The van der Waals surface area contributed by atoms with E-state index in [1.807, 2.05) is 55.4 Å². The summed E-state index contributed by atoms with van der Waals surface area (Å²) in [5, 5.41) is 0. The molecule has 1 aliphatic carbocycles. The highest BCUT2D eigenvalue weighted by Crippen LogP contribution is 2.58. The van der Waals surface area contributed by atoms with Gasteiger partial charge in [0.2, 0.25) is 0 Å². The van der Waals surface area contributed by atoms with Crippen LogP contribution in [0.5, 0.6) is 0 Å². The van der Waals surface area contributed by atoms with Gasteiger partial charge in [-0.2, -0.15) is 0 Å². The van der Waals surface area contributed by atoms with Crippen molar-refractivity contribution in [3.8, 4) is 11.1 Å². The summed E-state index contributed by atoms with van der Waals surface area (Å²) in [4.78, 5) is 2.49. The molecule has 4 aromatic rings. The van der Waals surface area contributed by atoms with Gasteiger partial charge in [0.05, 0.1) is 5.41 Å². The lowest BCUT2D eigenvalue weighted by atomic mass is 9.67. The SMILES string of the molecule is CC.CC.CC.CC.CCN(CC)c1cccc2c1C(c1ccccc1)(c1ccccc1)c1ccccc1-2. The molecule has 0 aliphatic heterocycles. The van der Waals surface area contributed by atoms with Crippen LogP contribution >= 0.6 is 0 Å². The molecular formula is C37H51N. The standard InChI is InChI=1S/C29H27N.4C2H6/c1-3-30(4-2)27-21-13-19-25-24-18-11-12-20-26(24)29(28(25)27,22-14-7-5-8-15-22)23-16-9-6-10-17-23;4*1-2/h5-21H,3-4H2,1-2H3;4*1-2H3. The molecule has 5 rings (SSSR count). The van der Waals surface area contributed by atoms with E-state index < -0.39 is 0 Å². The second kappa shape index (κ2) is 17.2. The normalized spacial score (nSPS) is 11.3. The molecule has 1 heteroatoms. The van der Waals surface area contributed by atoms with E-state index in [1.165, 1.54) is 39.1 Å². The Hall–Kier alpha value is -3.32. The third-order valence-corrected chi connectivity index (χ3v) is 6.56. The van der Waals surface area contributed by atoms with Crippen molar-refractivity contribution in [1.29, 1.82) is 0 Å². The maximum atomic E-state index is 2.49. The van der Waals surface area contributed by atoms with E-state index in [-0.39, 0.29) is 5.41 Å². The van der Waals surface area contributed by atoms with Crippen LogP contribution in [0.4, 0.5) is 5.69 Å². The van der Waals surface area contributed by atoms with Gasteiger partial charge < -0.3 is 4.90 Å². The summed E-state index contributed by atoms with van der Waals surface area (Å²) in [5.41, 5.74) is 9.12. The highest BCUT2D eigenvalue weighted by atomic mass is 15.1. The van der Waals surface area contributed by atoms with Crippen LogP contribution in [0.3, 0.4) is 0 Å². The Kier molecular flexibility index (Phi) is 14.8. The van der Waals surface area contributed by atoms with Crippen LogP contribution in [0, 0.1) is 0 Å². The third kappa shape index (κ3) is 6.04. The number of anilines is 1. The molecule has 0 amide bonds. The zero-order valence-corrected chi connectivity index (χ0v) is 25.7. The van der Waals surface area contributed by atoms with Crippen molar-refractivity contribution < 1.29 is 0 Å². The molecule has 1 nitrogen and oxygen atoms in total. The fourth-order valence-electron chi connectivity index (χ4n) is 5.31. The third-order valence-electron chi connectivity index (χ3n) is 6.56. The quantitative estimate of drug-likeness (QED) is 0.228. The zero-order valence-electron chi connectivity index (χ0n) is 25.7. The molecule has 0 radical (unpaired) electrons. The van der Waals surface area contributed by atoms with Gasteiger partial charge in [0, 0.05) is 24.3 Å². The Morgan fingerprint density at radius 3 is 1.37 bits per heavy atom. The van der Waals surface area contributed by atoms with Gasteiger partial charge in [0.1, 0.15) is 0 Å². The predicted molar refractivity (Wildman–Crippen MR) is 173 cm³/mol. The summed E-state index contributed by atoms with van der Waals surface area (Å²) in [6.45, 7) is 22.5. The maximum Gasteiger partial charge on any atom is 0.0733 e. The average molecular weight is 510 g/mol. The molecule has 0 spiro atoms. The second-order valence-corrected chi connectivity index (χ2v) is 7.90. The van der Waals surface area contributed by atoms with Crippen LogP contribution in [0.15, 0.2) is 103 Å². The van der Waals surface area contributed by atoms with E-state index in [2.05, 4.69) is 122 Å². The van der Waals surface area contributed by atoms with Crippen molar-refractivity contribution in [3.05, 3.63) is 125 Å². The van der Waals surface area contributed by atoms with Gasteiger partial charge in [-0.25, -0.2) is 0 Å². The smallest absolute Gasteiger partial charge is 0.0733 e. The topological polar surface area (TPSA) is 3.24 Å². The molecule has 0 atom stereocenters. The van der Waals surface area contributed by atoms with Crippen LogP contribution in [0.1, 0.15) is 91.5 Å². The first-order chi connectivity index (χ1) is 18.8. The molecule has 0 unspecified atom stereocenters. The van der Waals surface area contributed by atoms with Crippen molar-refractivity contribution >= 4 is 5.69 Å². The molecular weight excluding hydrogens is 458 g/mol. The van der Waals surface area contributed by atoms with Crippen molar-refractivity contribution in [1.82, 2.24) is 0 Å². The van der Waals surface area contributed by atoms with Crippen molar-refractivity contribution in [2.75, 3.05) is 18.0 Å². The molecule has 0 saturated carbocycles. The molecule has 204 valence electrons. The van der Waals surface area contributed by atoms with Gasteiger partial charge in [-0.1, -0.05) is 152 Å². The molecule has 0 saturated heterocycles. The Morgan fingerprint density at radius 1 is 0.474 bits per heavy atom. The number of hydrogen-bond donors (Lipinski definition) is 0. The molecule has 1 aliphatic rings. The lowest BCUT2D eigenvalue weighted by Gasteiger charge is -2.37. The minimum atomic E-state index is -0.326. The molecule has 0 bridgehead atoms. The highest BCUT2D eigenvalue weighted by Gasteiger charge is 2.47. The van der Waals surface area contributed by atoms with Gasteiger partial charge in [-0.3, -0.25) is 0 Å². The Morgan fingerprint density at radius 2 is 0.895 bits per heavy atom. The fraction of sp³-hybridized carbons (Fsp3) is 0.351. The van der Waals surface area contributed by atoms with Crippen molar-refractivity contribution in [2.24, 2.45) is 0 Å². The summed E-state index contributed by atoms with van der Waals surface area (Å²) in [7, 11) is 0. The van der Waals surface area contributed by atoms with Crippen molar-refractivity contribution in [3.63, 3.8) is 0 Å². The monoisotopic (exact) mass is 509 g/mol. The predicted octanol–water partition coefficient (Wildman–Crippen LogP) is 11.0. The number of benzene rings is 4. The van der Waals surface area contributed by atoms with E-state index in [4.69, 9.17) is 0 Å². The Bertz CT molecular complexity index is 1120. The number of hydrogen-bond acceptors (Lipinski definition) is 1. The van der Waals surface area contributed by atoms with Crippen LogP contribution in [-0.2, 0) is 5.41 Å². The van der Waals surface area contributed by atoms with Crippen LogP contribution in [0.2, 0.25) is 0 Å². The minimum Gasteiger partial charge on any atom is -0.372 e. The van der Waals surface area contributed by atoms with E-state index in [0.29, 0.717) is 0 Å². The molecule has 0 fully saturated rings. The van der Waals surface area contributed by atoms with E-state index >= 15 is 0 Å². The summed E-state index contributed by atoms with van der Waals surface area (Å²) in [6.07, 6.45) is 0. The molecule has 4 aromatic carbocycles. The van der Waals surface area contributed by atoms with E-state index in [0.717, 1.165) is 13.1 Å². The first kappa shape index (κ1) is 32.7. The fourth-order valence-corrected chi connectivity index (χ4v) is 5.31. The van der Waals surface area contributed by atoms with Gasteiger partial charge in [0.25, 0.3) is 0 Å². The number of rotatable bonds is 5. The molecule has 0 aromatic heterocycles. The Balaban J connectivity index is 0.000000829. The van der Waals surface area contributed by atoms with Gasteiger partial charge in [0.15, 0.2) is 0 Å². The first-order valence-electron chi connectivity index (χ1n) is 14.9. The maximum absolute atomic E-state index is 2.49.